The first kappa shape index (κ1) is 17.8. The van der Waals surface area contributed by atoms with Crippen molar-refractivity contribution < 1.29 is 24.2 Å². The van der Waals surface area contributed by atoms with Gasteiger partial charge in [-0.15, -0.1) is 0 Å². The first-order chi connectivity index (χ1) is 12.4. The monoisotopic (exact) mass is 373 g/mol. The van der Waals surface area contributed by atoms with E-state index in [1.165, 1.54) is 37.4 Å². The van der Waals surface area contributed by atoms with E-state index < -0.39 is 17.9 Å². The number of carbonyl (C=O) groups excluding carboxylic acids is 3. The second kappa shape index (κ2) is 7.05. The van der Waals surface area contributed by atoms with Crippen molar-refractivity contribution in [2.24, 2.45) is 0 Å². The lowest BCUT2D eigenvalue weighted by atomic mass is 10.2. The van der Waals surface area contributed by atoms with E-state index in [1.807, 2.05) is 0 Å². The van der Waals surface area contributed by atoms with Crippen LogP contribution >= 0.6 is 11.6 Å². The van der Waals surface area contributed by atoms with Gasteiger partial charge in [0.15, 0.2) is 0 Å². The van der Waals surface area contributed by atoms with E-state index in [-0.39, 0.29) is 17.9 Å². The number of benzene rings is 2. The van der Waals surface area contributed by atoms with Crippen LogP contribution in [0.4, 0.5) is 11.4 Å². The zero-order valence-corrected chi connectivity index (χ0v) is 14.4. The van der Waals surface area contributed by atoms with Gasteiger partial charge < -0.3 is 20.0 Å². The Morgan fingerprint density at radius 2 is 1.92 bits per heavy atom. The van der Waals surface area contributed by atoms with Crippen molar-refractivity contribution in [1.82, 2.24) is 0 Å². The smallest absolute Gasteiger partial charge is 0.256 e. The molecule has 1 fully saturated rings. The summed E-state index contributed by atoms with van der Waals surface area (Å²) in [6.07, 6.45) is -0.0231. The van der Waals surface area contributed by atoms with Crippen LogP contribution < -0.4 is 20.1 Å². The summed E-state index contributed by atoms with van der Waals surface area (Å²) in [6, 6.07) is 9.64. The van der Waals surface area contributed by atoms with Crippen LogP contribution in [0.15, 0.2) is 42.5 Å². The first-order valence-electron chi connectivity index (χ1n) is 7.69. The number of methoxy groups -OCH3 is 1. The summed E-state index contributed by atoms with van der Waals surface area (Å²) in [5.74, 6) is -1.62. The summed E-state index contributed by atoms with van der Waals surface area (Å²) in [7, 11) is 1.47. The Morgan fingerprint density at radius 1 is 1.23 bits per heavy atom. The number of carboxylic acid groups (broad SMARTS) is 1. The Kier molecular flexibility index (Phi) is 4.81. The van der Waals surface area contributed by atoms with E-state index in [0.717, 1.165) is 4.90 Å². The average Bonchev–Trinajstić information content (AvgIpc) is 2.89. The summed E-state index contributed by atoms with van der Waals surface area (Å²) in [5, 5.41) is 14.0. The largest absolute Gasteiger partial charge is 0.545 e. The van der Waals surface area contributed by atoms with Crippen molar-refractivity contribution in [3.63, 3.8) is 0 Å². The fourth-order valence-electron chi connectivity index (χ4n) is 2.71. The van der Waals surface area contributed by atoms with Crippen LogP contribution in [0.2, 0.25) is 5.02 Å². The number of rotatable bonds is 5. The van der Waals surface area contributed by atoms with Crippen molar-refractivity contribution in [2.45, 2.75) is 12.5 Å². The number of nitrogens with zero attached hydrogens (tertiary/aromatic N) is 1. The number of carbonyl (C=O) groups is 3. The Bertz CT molecular complexity index is 882. The van der Waals surface area contributed by atoms with Crippen LogP contribution in [-0.4, -0.2) is 30.9 Å². The molecule has 1 heterocycles. The van der Waals surface area contributed by atoms with E-state index in [0.29, 0.717) is 22.1 Å². The molecule has 2 aromatic rings. The van der Waals surface area contributed by atoms with E-state index >= 15 is 0 Å². The third-order valence-electron chi connectivity index (χ3n) is 4.00. The molecule has 3 rings (SSSR count). The molecule has 1 aliphatic heterocycles. The Hall–Kier alpha value is -3.06. The van der Waals surface area contributed by atoms with Crippen LogP contribution in [-0.2, 0) is 9.59 Å². The number of nitrogens with one attached hydrogen (secondary N) is 1. The minimum absolute atomic E-state index is 0.0231. The molecular weight excluding hydrogens is 360 g/mol. The molecular formula is C18H14ClN2O5-. The fourth-order valence-corrected chi connectivity index (χ4v) is 2.97. The molecule has 1 N–H and O–H groups in total. The predicted octanol–water partition coefficient (Wildman–Crippen LogP) is 1.46. The molecule has 7 nitrogen and oxygen atoms in total. The van der Waals surface area contributed by atoms with E-state index in [9.17, 15) is 19.5 Å². The van der Waals surface area contributed by atoms with Crippen LogP contribution in [0, 0.1) is 0 Å². The van der Waals surface area contributed by atoms with Crippen LogP contribution in [0.3, 0.4) is 0 Å². The maximum absolute atomic E-state index is 12.6. The molecule has 2 amide bonds. The topological polar surface area (TPSA) is 98.8 Å². The zero-order valence-electron chi connectivity index (χ0n) is 13.7. The lowest BCUT2D eigenvalue weighted by Crippen LogP contribution is -2.34. The van der Waals surface area contributed by atoms with Gasteiger partial charge in [-0.2, -0.15) is 0 Å². The molecule has 1 saturated heterocycles. The van der Waals surface area contributed by atoms with Gasteiger partial charge in [0.2, 0.25) is 5.91 Å². The number of anilines is 2. The molecule has 0 bridgehead atoms. The Balaban J connectivity index is 1.78. The molecule has 0 aliphatic carbocycles. The number of hydrogen-bond donors (Lipinski definition) is 1. The maximum Gasteiger partial charge on any atom is 0.256 e. The highest BCUT2D eigenvalue weighted by molar-refractivity contribution is 6.33. The Morgan fingerprint density at radius 3 is 2.50 bits per heavy atom. The van der Waals surface area contributed by atoms with Crippen molar-refractivity contribution in [1.29, 1.82) is 0 Å². The fraction of sp³-hybridized carbons (Fsp3) is 0.167. The number of ether oxygens (including phenoxy) is 1. The molecule has 0 unspecified atom stereocenters. The minimum Gasteiger partial charge on any atom is -0.545 e. The second-order valence-electron chi connectivity index (χ2n) is 5.65. The van der Waals surface area contributed by atoms with Gasteiger partial charge in [-0.25, -0.2) is 4.90 Å². The zero-order chi connectivity index (χ0) is 18.8. The molecule has 26 heavy (non-hydrogen) atoms. The molecule has 0 aromatic heterocycles. The molecule has 8 heteroatoms. The molecule has 1 aliphatic rings. The van der Waals surface area contributed by atoms with E-state index in [4.69, 9.17) is 16.3 Å². The lowest BCUT2D eigenvalue weighted by Gasteiger charge is -2.17. The van der Waals surface area contributed by atoms with Crippen LogP contribution in [0.5, 0.6) is 5.75 Å². The number of hydrogen-bond acceptors (Lipinski definition) is 6. The van der Waals surface area contributed by atoms with Crippen molar-refractivity contribution in [2.75, 3.05) is 17.3 Å². The highest BCUT2D eigenvalue weighted by Gasteiger charge is 2.39. The summed E-state index contributed by atoms with van der Waals surface area (Å²) in [4.78, 5) is 36.8. The molecule has 0 radical (unpaired) electrons. The van der Waals surface area contributed by atoms with Gasteiger partial charge in [-0.1, -0.05) is 23.7 Å². The molecule has 0 spiro atoms. The Labute approximate surface area is 154 Å². The molecule has 2 aromatic carbocycles. The number of halogens is 1. The lowest BCUT2D eigenvalue weighted by molar-refractivity contribution is -0.255. The molecule has 1 atom stereocenters. The SMILES string of the molecule is COc1ccc(N2C(=O)C[C@@H](Nc3ccc(C(=O)[O-])cc3)C2=O)cc1Cl. The summed E-state index contributed by atoms with van der Waals surface area (Å²) in [5.41, 5.74) is 0.914. The van der Waals surface area contributed by atoms with Gasteiger partial charge in [0, 0.05) is 5.69 Å². The minimum atomic E-state index is -1.29. The van der Waals surface area contributed by atoms with Gasteiger partial charge in [0.05, 0.1) is 30.2 Å². The maximum atomic E-state index is 12.6. The molecule has 134 valence electrons. The summed E-state index contributed by atoms with van der Waals surface area (Å²) >= 11 is 6.07. The number of aromatic carboxylic acids is 1. The number of amides is 2. The van der Waals surface area contributed by atoms with Crippen molar-refractivity contribution >= 4 is 40.8 Å². The number of imide groups is 1. The summed E-state index contributed by atoms with van der Waals surface area (Å²) < 4.78 is 5.06. The van der Waals surface area contributed by atoms with Crippen LogP contribution in [0.1, 0.15) is 16.8 Å². The van der Waals surface area contributed by atoms with Crippen molar-refractivity contribution in [3.05, 3.63) is 53.1 Å². The third-order valence-corrected chi connectivity index (χ3v) is 4.30. The van der Waals surface area contributed by atoms with Gasteiger partial charge in [0.25, 0.3) is 5.91 Å². The number of carboxylic acids is 1. The quantitative estimate of drug-likeness (QED) is 0.796. The van der Waals surface area contributed by atoms with Gasteiger partial charge in [-0.3, -0.25) is 9.59 Å². The van der Waals surface area contributed by atoms with Gasteiger partial charge in [0.1, 0.15) is 11.8 Å². The van der Waals surface area contributed by atoms with Crippen molar-refractivity contribution in [3.8, 4) is 5.75 Å². The van der Waals surface area contributed by atoms with Crippen LogP contribution in [0.25, 0.3) is 0 Å². The summed E-state index contributed by atoms with van der Waals surface area (Å²) in [6.45, 7) is 0. The predicted molar refractivity (Wildman–Crippen MR) is 93.3 cm³/mol. The van der Waals surface area contributed by atoms with E-state index in [2.05, 4.69) is 5.32 Å². The van der Waals surface area contributed by atoms with Gasteiger partial charge in [-0.05, 0) is 35.9 Å². The first-order valence-corrected chi connectivity index (χ1v) is 8.07. The average molecular weight is 374 g/mol. The third kappa shape index (κ3) is 3.34. The highest BCUT2D eigenvalue weighted by atomic mass is 35.5. The normalized spacial score (nSPS) is 16.7. The highest BCUT2D eigenvalue weighted by Crippen LogP contribution is 2.32. The van der Waals surface area contributed by atoms with Gasteiger partial charge >= 0.3 is 0 Å². The standard InChI is InChI=1S/C18H15ClN2O5/c1-26-15-7-6-12(8-13(15)19)21-16(22)9-14(17(21)23)20-11-4-2-10(3-5-11)18(24)25/h2-8,14,20H,9H2,1H3,(H,24,25)/p-1/t14-/m1/s1. The second-order valence-corrected chi connectivity index (χ2v) is 6.06. The molecule has 0 saturated carbocycles. The van der Waals surface area contributed by atoms with E-state index in [1.54, 1.807) is 12.1 Å².